The van der Waals surface area contributed by atoms with Gasteiger partial charge in [0.2, 0.25) is 0 Å². The summed E-state index contributed by atoms with van der Waals surface area (Å²) in [6.07, 6.45) is 73.2. The molecule has 0 spiro atoms. The second kappa shape index (κ2) is 57.4. The normalized spacial score (nSPS) is 12.6. The molecule has 0 N–H and O–H groups in total. The van der Waals surface area contributed by atoms with Crippen LogP contribution in [0, 0.1) is 0 Å². The maximum absolute atomic E-state index is 12.9. The molecule has 6 heteroatoms. The lowest BCUT2D eigenvalue weighted by atomic mass is 10.0. The van der Waals surface area contributed by atoms with Gasteiger partial charge in [0.1, 0.15) is 13.2 Å². The molecule has 0 amide bonds. The van der Waals surface area contributed by atoms with Crippen molar-refractivity contribution in [1.29, 1.82) is 0 Å². The van der Waals surface area contributed by atoms with Gasteiger partial charge in [0.15, 0.2) is 6.10 Å². The number of unbranched alkanes of at least 4 members (excludes halogenated alkanes) is 30. The Morgan fingerprint density at radius 1 is 0.304 bits per heavy atom. The minimum Gasteiger partial charge on any atom is -0.462 e. The molecule has 0 fully saturated rings. The molecule has 6 nitrogen and oxygen atoms in total. The van der Waals surface area contributed by atoms with Crippen molar-refractivity contribution in [2.45, 2.75) is 297 Å². The Morgan fingerprint density at radius 3 is 0.899 bits per heavy atom. The summed E-state index contributed by atoms with van der Waals surface area (Å²) in [7, 11) is 0. The highest BCUT2D eigenvalue weighted by Crippen LogP contribution is 2.16. The quantitative estimate of drug-likeness (QED) is 0.0262. The van der Waals surface area contributed by atoms with E-state index in [1.807, 2.05) is 0 Å². The number of rotatable bonds is 53. The maximum atomic E-state index is 12.9. The standard InChI is InChI=1S/C63H110O6/c1-4-7-10-13-16-19-22-25-28-30-31-32-33-34-36-38-41-44-47-50-53-56-62(65)68-59-60(58-67-61(64)55-52-49-46-43-40-37-27-24-21-18-15-12-9-6-3)69-63(66)57-54-51-48-45-42-39-35-29-26-23-20-17-14-11-8-5-2/h7,10,16,19,24-25,27-28,31-32,34,36,60H,4-6,8-9,11-15,17-18,20-23,26,29-30,33,35,37-59H2,1-3H3/b10-7-,19-16-,27-24-,28-25-,32-31-,36-34-. The number of carbonyl (C=O) groups excluding carboxylic acids is 3. The van der Waals surface area contributed by atoms with Crippen molar-refractivity contribution in [3.63, 3.8) is 0 Å². The lowest BCUT2D eigenvalue weighted by Crippen LogP contribution is -2.30. The monoisotopic (exact) mass is 963 g/mol. The molecule has 0 aromatic carbocycles. The predicted molar refractivity (Wildman–Crippen MR) is 298 cm³/mol. The highest BCUT2D eigenvalue weighted by molar-refractivity contribution is 5.71. The summed E-state index contributed by atoms with van der Waals surface area (Å²) in [4.78, 5) is 38.2. The number of allylic oxidation sites excluding steroid dienone is 12. The molecule has 0 aromatic rings. The predicted octanol–water partition coefficient (Wildman–Crippen LogP) is 19.8. The van der Waals surface area contributed by atoms with E-state index in [0.717, 1.165) is 116 Å². The molecular weight excluding hydrogens is 853 g/mol. The van der Waals surface area contributed by atoms with Crippen LogP contribution in [0.4, 0.5) is 0 Å². The first-order valence-corrected chi connectivity index (χ1v) is 29.4. The van der Waals surface area contributed by atoms with Gasteiger partial charge >= 0.3 is 17.9 Å². The summed E-state index contributed by atoms with van der Waals surface area (Å²) < 4.78 is 16.9. The molecule has 0 aromatic heterocycles. The van der Waals surface area contributed by atoms with Gasteiger partial charge in [0, 0.05) is 19.3 Å². The van der Waals surface area contributed by atoms with Gasteiger partial charge in [-0.05, 0) is 89.9 Å². The van der Waals surface area contributed by atoms with Crippen molar-refractivity contribution in [3.8, 4) is 0 Å². The van der Waals surface area contributed by atoms with Gasteiger partial charge in [-0.1, -0.05) is 254 Å². The summed E-state index contributed by atoms with van der Waals surface area (Å²) >= 11 is 0. The second-order valence-corrected chi connectivity index (χ2v) is 19.5. The van der Waals surface area contributed by atoms with Crippen LogP contribution < -0.4 is 0 Å². The van der Waals surface area contributed by atoms with Crippen LogP contribution in [0.1, 0.15) is 290 Å². The fourth-order valence-electron chi connectivity index (χ4n) is 8.29. The van der Waals surface area contributed by atoms with Gasteiger partial charge in [-0.15, -0.1) is 0 Å². The highest BCUT2D eigenvalue weighted by atomic mass is 16.6. The number of hydrogen-bond donors (Lipinski definition) is 0. The van der Waals surface area contributed by atoms with E-state index >= 15 is 0 Å². The molecule has 0 heterocycles. The third-order valence-corrected chi connectivity index (χ3v) is 12.7. The molecule has 0 radical (unpaired) electrons. The summed E-state index contributed by atoms with van der Waals surface area (Å²) in [5, 5.41) is 0. The molecule has 1 atom stereocenters. The minimum atomic E-state index is -0.785. The highest BCUT2D eigenvalue weighted by Gasteiger charge is 2.19. The summed E-state index contributed by atoms with van der Waals surface area (Å²) in [5.41, 5.74) is 0. The van der Waals surface area contributed by atoms with E-state index in [1.165, 1.54) is 135 Å². The van der Waals surface area contributed by atoms with E-state index in [4.69, 9.17) is 14.2 Å². The Hall–Kier alpha value is -3.15. The number of esters is 3. The van der Waals surface area contributed by atoms with Gasteiger partial charge in [-0.3, -0.25) is 14.4 Å². The molecule has 0 aliphatic heterocycles. The molecule has 69 heavy (non-hydrogen) atoms. The molecule has 1 unspecified atom stereocenters. The van der Waals surface area contributed by atoms with Crippen molar-refractivity contribution in [2.24, 2.45) is 0 Å². The van der Waals surface area contributed by atoms with E-state index in [-0.39, 0.29) is 31.1 Å². The molecule has 398 valence electrons. The second-order valence-electron chi connectivity index (χ2n) is 19.5. The Labute approximate surface area is 427 Å². The molecule has 0 saturated heterocycles. The maximum Gasteiger partial charge on any atom is 0.306 e. The van der Waals surface area contributed by atoms with Gasteiger partial charge in [-0.25, -0.2) is 0 Å². The third-order valence-electron chi connectivity index (χ3n) is 12.7. The molecule has 0 saturated carbocycles. The zero-order chi connectivity index (χ0) is 50.0. The summed E-state index contributed by atoms with van der Waals surface area (Å²) in [5.74, 6) is -0.899. The van der Waals surface area contributed by atoms with E-state index in [1.54, 1.807) is 0 Å². The summed E-state index contributed by atoms with van der Waals surface area (Å²) in [6.45, 7) is 6.52. The van der Waals surface area contributed by atoms with E-state index in [0.29, 0.717) is 19.3 Å². The minimum absolute atomic E-state index is 0.0837. The van der Waals surface area contributed by atoms with E-state index < -0.39 is 6.10 Å². The largest absolute Gasteiger partial charge is 0.462 e. The number of ether oxygens (including phenoxy) is 3. The fourth-order valence-corrected chi connectivity index (χ4v) is 8.29. The number of carbonyl (C=O) groups is 3. The lowest BCUT2D eigenvalue weighted by molar-refractivity contribution is -0.167. The Kier molecular flexibility index (Phi) is 54.8. The zero-order valence-corrected chi connectivity index (χ0v) is 45.6. The van der Waals surface area contributed by atoms with Crippen LogP contribution in [0.2, 0.25) is 0 Å². The van der Waals surface area contributed by atoms with Crippen LogP contribution in [0.3, 0.4) is 0 Å². The van der Waals surface area contributed by atoms with Crippen LogP contribution in [-0.4, -0.2) is 37.2 Å². The molecule has 0 aliphatic carbocycles. The SMILES string of the molecule is CC/C=C\C/C=C\C/C=C\C/C=C\C/C=C\CCCCCCCC(=O)OCC(COC(=O)CCCCCCC/C=C\CCCCCCC)OC(=O)CCCCCCCCCCCCCCCCCC. The first-order chi connectivity index (χ1) is 34.0. The summed E-state index contributed by atoms with van der Waals surface area (Å²) in [6, 6.07) is 0. The van der Waals surface area contributed by atoms with Gasteiger partial charge in [-0.2, -0.15) is 0 Å². The first-order valence-electron chi connectivity index (χ1n) is 29.4. The first kappa shape index (κ1) is 65.8. The van der Waals surface area contributed by atoms with Crippen molar-refractivity contribution in [2.75, 3.05) is 13.2 Å². The average Bonchev–Trinajstić information content (AvgIpc) is 3.35. The molecule has 0 bridgehead atoms. The fraction of sp³-hybridized carbons (Fsp3) is 0.762. The van der Waals surface area contributed by atoms with Crippen LogP contribution in [0.25, 0.3) is 0 Å². The number of hydrogen-bond acceptors (Lipinski definition) is 6. The van der Waals surface area contributed by atoms with E-state index in [2.05, 4.69) is 93.7 Å². The van der Waals surface area contributed by atoms with Crippen LogP contribution >= 0.6 is 0 Å². The van der Waals surface area contributed by atoms with Crippen molar-refractivity contribution in [3.05, 3.63) is 72.9 Å². The molecule has 0 rings (SSSR count). The zero-order valence-electron chi connectivity index (χ0n) is 45.6. The van der Waals surface area contributed by atoms with E-state index in [9.17, 15) is 14.4 Å². The Balaban J connectivity index is 4.40. The van der Waals surface area contributed by atoms with Crippen LogP contribution in [0.15, 0.2) is 72.9 Å². The Morgan fingerprint density at radius 2 is 0.565 bits per heavy atom. The molecule has 0 aliphatic rings. The average molecular weight is 964 g/mol. The van der Waals surface area contributed by atoms with Gasteiger partial charge in [0.05, 0.1) is 0 Å². The smallest absolute Gasteiger partial charge is 0.306 e. The topological polar surface area (TPSA) is 78.9 Å². The van der Waals surface area contributed by atoms with Gasteiger partial charge < -0.3 is 14.2 Å². The third kappa shape index (κ3) is 55.6. The van der Waals surface area contributed by atoms with Crippen molar-refractivity contribution in [1.82, 2.24) is 0 Å². The Bertz CT molecular complexity index is 1290. The van der Waals surface area contributed by atoms with Crippen LogP contribution in [-0.2, 0) is 28.6 Å². The van der Waals surface area contributed by atoms with Gasteiger partial charge in [0.25, 0.3) is 0 Å². The van der Waals surface area contributed by atoms with Crippen LogP contribution in [0.5, 0.6) is 0 Å². The van der Waals surface area contributed by atoms with Crippen molar-refractivity contribution >= 4 is 17.9 Å². The lowest BCUT2D eigenvalue weighted by Gasteiger charge is -2.18. The van der Waals surface area contributed by atoms with Crippen molar-refractivity contribution < 1.29 is 28.6 Å². The molecular formula is C63H110O6.